The molecule has 2 saturated heterocycles. The Morgan fingerprint density at radius 2 is 1.76 bits per heavy atom. The van der Waals surface area contributed by atoms with Crippen molar-refractivity contribution >= 4 is 17.7 Å². The quantitative estimate of drug-likeness (QED) is 0.686. The third-order valence-electron chi connectivity index (χ3n) is 6.38. The normalized spacial score (nSPS) is 20.0. The molecule has 1 spiro atoms. The standard InChI is InChI=1S/C26H39N3O5/c1-18(2)16-27-23(31)21-17-34-26(11-13-28(14-12-26)22(30)15-25(3,4)5)29(21)24(32)19-7-9-20(33-6)10-8-19/h7-10,18,21H,11-17H2,1-6H3,(H,27,31). The van der Waals surface area contributed by atoms with Crippen LogP contribution in [0.4, 0.5) is 0 Å². The number of rotatable bonds is 6. The lowest BCUT2D eigenvalue weighted by Gasteiger charge is -2.45. The van der Waals surface area contributed by atoms with Gasteiger partial charge in [-0.2, -0.15) is 0 Å². The van der Waals surface area contributed by atoms with E-state index >= 15 is 0 Å². The molecule has 0 radical (unpaired) electrons. The zero-order chi connectivity index (χ0) is 25.1. The monoisotopic (exact) mass is 473 g/mol. The molecule has 2 fully saturated rings. The maximum absolute atomic E-state index is 13.7. The van der Waals surface area contributed by atoms with Gasteiger partial charge in [0.2, 0.25) is 11.8 Å². The molecule has 188 valence electrons. The average molecular weight is 474 g/mol. The second kappa shape index (κ2) is 10.3. The molecule has 8 nitrogen and oxygen atoms in total. The summed E-state index contributed by atoms with van der Waals surface area (Å²) >= 11 is 0. The molecule has 1 N–H and O–H groups in total. The molecule has 8 heteroatoms. The Bertz CT molecular complexity index is 883. The Labute approximate surface area is 202 Å². The van der Waals surface area contributed by atoms with Gasteiger partial charge in [0, 0.05) is 44.5 Å². The Balaban J connectivity index is 1.83. The van der Waals surface area contributed by atoms with Crippen LogP contribution in [0.3, 0.4) is 0 Å². The highest BCUT2D eigenvalue weighted by atomic mass is 16.5. The lowest BCUT2D eigenvalue weighted by molar-refractivity contribution is -0.145. The van der Waals surface area contributed by atoms with E-state index in [9.17, 15) is 14.4 Å². The number of nitrogens with zero attached hydrogens (tertiary/aromatic N) is 2. The van der Waals surface area contributed by atoms with Crippen LogP contribution in [0.15, 0.2) is 24.3 Å². The average Bonchev–Trinajstić information content (AvgIpc) is 3.14. The Morgan fingerprint density at radius 1 is 1.15 bits per heavy atom. The summed E-state index contributed by atoms with van der Waals surface area (Å²) in [4.78, 5) is 43.0. The van der Waals surface area contributed by atoms with E-state index in [4.69, 9.17) is 9.47 Å². The number of hydrogen-bond acceptors (Lipinski definition) is 5. The van der Waals surface area contributed by atoms with Crippen LogP contribution in [-0.2, 0) is 14.3 Å². The van der Waals surface area contributed by atoms with Gasteiger partial charge in [0.25, 0.3) is 5.91 Å². The SMILES string of the molecule is COc1ccc(C(=O)N2C(C(=O)NCC(C)C)COC23CCN(C(=O)CC(C)(C)C)CC3)cc1. The molecule has 1 atom stereocenters. The van der Waals surface area contributed by atoms with Crippen molar-refractivity contribution < 1.29 is 23.9 Å². The van der Waals surface area contributed by atoms with E-state index < -0.39 is 11.8 Å². The fourth-order valence-electron chi connectivity index (χ4n) is 4.53. The summed E-state index contributed by atoms with van der Waals surface area (Å²) in [5.41, 5.74) is -0.528. The lowest BCUT2D eigenvalue weighted by Crippen LogP contribution is -2.60. The summed E-state index contributed by atoms with van der Waals surface area (Å²) in [6.07, 6.45) is 1.41. The number of benzene rings is 1. The predicted octanol–water partition coefficient (Wildman–Crippen LogP) is 3.06. The topological polar surface area (TPSA) is 88.2 Å². The fourth-order valence-corrected chi connectivity index (χ4v) is 4.53. The summed E-state index contributed by atoms with van der Waals surface area (Å²) in [6, 6.07) is 6.16. The van der Waals surface area contributed by atoms with Crippen molar-refractivity contribution in [3.8, 4) is 5.75 Å². The van der Waals surface area contributed by atoms with Gasteiger partial charge < -0.3 is 19.7 Å². The Hall–Kier alpha value is -2.61. The number of nitrogens with one attached hydrogen (secondary N) is 1. The summed E-state index contributed by atoms with van der Waals surface area (Å²) in [5.74, 6) is 0.599. The van der Waals surface area contributed by atoms with Crippen molar-refractivity contribution in [1.29, 1.82) is 0 Å². The smallest absolute Gasteiger partial charge is 0.256 e. The van der Waals surface area contributed by atoms with Crippen molar-refractivity contribution in [2.75, 3.05) is 33.4 Å². The van der Waals surface area contributed by atoms with Crippen LogP contribution in [0.5, 0.6) is 5.75 Å². The van der Waals surface area contributed by atoms with Crippen LogP contribution in [0.2, 0.25) is 0 Å². The molecule has 0 bridgehead atoms. The molecule has 2 aliphatic rings. The molecule has 2 aliphatic heterocycles. The van der Waals surface area contributed by atoms with Gasteiger partial charge in [-0.1, -0.05) is 34.6 Å². The predicted molar refractivity (Wildman–Crippen MR) is 129 cm³/mol. The van der Waals surface area contributed by atoms with E-state index in [2.05, 4.69) is 5.32 Å². The van der Waals surface area contributed by atoms with Gasteiger partial charge in [-0.25, -0.2) is 0 Å². The summed E-state index contributed by atoms with van der Waals surface area (Å²) in [6.45, 7) is 11.8. The number of piperidine rings is 1. The molecule has 3 amide bonds. The molecule has 34 heavy (non-hydrogen) atoms. The first-order chi connectivity index (χ1) is 16.0. The number of methoxy groups -OCH3 is 1. The number of carbonyl (C=O) groups is 3. The van der Waals surface area contributed by atoms with E-state index in [-0.39, 0.29) is 29.7 Å². The van der Waals surface area contributed by atoms with Crippen LogP contribution < -0.4 is 10.1 Å². The number of likely N-dealkylation sites (tertiary alicyclic amines) is 1. The first kappa shape index (κ1) is 26.0. The van der Waals surface area contributed by atoms with Crippen molar-refractivity contribution in [1.82, 2.24) is 15.1 Å². The minimum Gasteiger partial charge on any atom is -0.497 e. The lowest BCUT2D eigenvalue weighted by atomic mass is 9.90. The molecular formula is C26H39N3O5. The second-order valence-corrected chi connectivity index (χ2v) is 10.9. The van der Waals surface area contributed by atoms with E-state index in [0.717, 1.165) is 0 Å². The van der Waals surface area contributed by atoms with E-state index in [1.54, 1.807) is 36.3 Å². The third kappa shape index (κ3) is 5.90. The maximum Gasteiger partial charge on any atom is 0.256 e. The Kier molecular flexibility index (Phi) is 7.91. The zero-order valence-corrected chi connectivity index (χ0v) is 21.3. The summed E-state index contributed by atoms with van der Waals surface area (Å²) in [7, 11) is 1.57. The van der Waals surface area contributed by atoms with Crippen molar-refractivity contribution in [2.45, 2.75) is 65.6 Å². The van der Waals surface area contributed by atoms with E-state index in [0.29, 0.717) is 56.1 Å². The highest BCUT2D eigenvalue weighted by molar-refractivity contribution is 5.98. The van der Waals surface area contributed by atoms with Crippen LogP contribution in [-0.4, -0.2) is 72.6 Å². The van der Waals surface area contributed by atoms with Gasteiger partial charge in [0.15, 0.2) is 0 Å². The highest BCUT2D eigenvalue weighted by Crippen LogP contribution is 2.39. The van der Waals surface area contributed by atoms with Gasteiger partial charge in [0.1, 0.15) is 17.5 Å². The molecule has 0 aliphatic carbocycles. The molecule has 1 unspecified atom stereocenters. The minimum absolute atomic E-state index is 0.0912. The molecule has 2 heterocycles. The largest absolute Gasteiger partial charge is 0.497 e. The second-order valence-electron chi connectivity index (χ2n) is 10.9. The van der Waals surface area contributed by atoms with Gasteiger partial charge in [-0.15, -0.1) is 0 Å². The number of ether oxygens (including phenoxy) is 2. The summed E-state index contributed by atoms with van der Waals surface area (Å²) < 4.78 is 11.4. The van der Waals surface area contributed by atoms with Crippen LogP contribution in [0, 0.1) is 11.3 Å². The van der Waals surface area contributed by atoms with Crippen molar-refractivity contribution in [2.24, 2.45) is 11.3 Å². The van der Waals surface area contributed by atoms with Gasteiger partial charge in [-0.05, 0) is 35.6 Å². The van der Waals surface area contributed by atoms with Gasteiger partial charge in [0.05, 0.1) is 13.7 Å². The van der Waals surface area contributed by atoms with Gasteiger partial charge >= 0.3 is 0 Å². The third-order valence-corrected chi connectivity index (χ3v) is 6.38. The molecule has 3 rings (SSSR count). The fraction of sp³-hybridized carbons (Fsp3) is 0.654. The molecule has 1 aromatic carbocycles. The van der Waals surface area contributed by atoms with Crippen LogP contribution in [0.1, 0.15) is 64.2 Å². The number of carbonyl (C=O) groups excluding carboxylic acids is 3. The molecular weight excluding hydrogens is 434 g/mol. The number of hydrogen-bond donors (Lipinski definition) is 1. The minimum atomic E-state index is -0.907. The van der Waals surface area contributed by atoms with Crippen molar-refractivity contribution in [3.05, 3.63) is 29.8 Å². The first-order valence-corrected chi connectivity index (χ1v) is 12.1. The Morgan fingerprint density at radius 3 is 2.29 bits per heavy atom. The van der Waals surface area contributed by atoms with Crippen LogP contribution >= 0.6 is 0 Å². The zero-order valence-electron chi connectivity index (χ0n) is 21.3. The van der Waals surface area contributed by atoms with E-state index in [1.165, 1.54) is 0 Å². The first-order valence-electron chi connectivity index (χ1n) is 12.1. The number of amides is 3. The molecule has 1 aromatic rings. The van der Waals surface area contributed by atoms with Crippen molar-refractivity contribution in [3.63, 3.8) is 0 Å². The summed E-state index contributed by atoms with van der Waals surface area (Å²) in [5, 5.41) is 2.96. The molecule has 0 saturated carbocycles. The highest BCUT2D eigenvalue weighted by Gasteiger charge is 2.54. The molecule has 0 aromatic heterocycles. The maximum atomic E-state index is 13.7. The van der Waals surface area contributed by atoms with E-state index in [1.807, 2.05) is 39.5 Å². The van der Waals surface area contributed by atoms with Crippen LogP contribution in [0.25, 0.3) is 0 Å². The van der Waals surface area contributed by atoms with Gasteiger partial charge in [-0.3, -0.25) is 19.3 Å².